The number of fused-ring (bicyclic) bond motifs is 5. The Bertz CT molecular complexity index is 609. The first-order valence-corrected chi connectivity index (χ1v) is 11.1. The average molecular weight is 359 g/mol. The summed E-state index contributed by atoms with van der Waals surface area (Å²) in [7, 11) is 0. The normalized spacial score (nSPS) is 50.5. The smallest absolute Gasteiger partial charge is 0.303 e. The molecular formula is C24H38O2. The van der Waals surface area contributed by atoms with Crippen LogP contribution in [0.25, 0.3) is 0 Å². The molecule has 4 aliphatic carbocycles. The van der Waals surface area contributed by atoms with Gasteiger partial charge in [0.2, 0.25) is 0 Å². The quantitative estimate of drug-likeness (QED) is 0.428. The van der Waals surface area contributed by atoms with Crippen molar-refractivity contribution in [1.82, 2.24) is 0 Å². The molecule has 1 unspecified atom stereocenters. The molecule has 7 atom stereocenters. The van der Waals surface area contributed by atoms with Crippen molar-refractivity contribution >= 4 is 5.97 Å². The summed E-state index contributed by atoms with van der Waals surface area (Å²) in [6.07, 6.45) is 12.5. The van der Waals surface area contributed by atoms with Crippen LogP contribution in [-0.2, 0) is 9.53 Å². The summed E-state index contributed by atoms with van der Waals surface area (Å²) in [5.41, 5.74) is 1.97. The standard InChI is InChI=1S/C24H38O2/c1-6-24(26-17(3)25)14-11-21-19-8-7-18-15-16(2)9-12-22(18,4)20(19)10-13-23(21,24)5/h18-21H,2,6-15H2,1,3-5H3/t18?,19-,20-,21+,22-,23+,24-/m1/s1. The summed E-state index contributed by atoms with van der Waals surface area (Å²) < 4.78 is 6.10. The lowest BCUT2D eigenvalue weighted by Crippen LogP contribution is -2.57. The SMILES string of the molecule is C=C1CC[C@]2(C)C(CC[C@@H]3[C@H]2CC[C@@]2(C)[C@H]3CC[C@@]2(CC)OC(C)=O)C1. The molecule has 0 aromatic rings. The van der Waals surface area contributed by atoms with Gasteiger partial charge in [-0.05, 0) is 93.3 Å². The Morgan fingerprint density at radius 1 is 1.12 bits per heavy atom. The number of allylic oxidation sites excluding steroid dienone is 1. The maximum Gasteiger partial charge on any atom is 0.303 e. The molecule has 4 rings (SSSR count). The van der Waals surface area contributed by atoms with Crippen molar-refractivity contribution in [3.8, 4) is 0 Å². The van der Waals surface area contributed by atoms with Crippen LogP contribution in [0.1, 0.15) is 91.9 Å². The van der Waals surface area contributed by atoms with Crippen molar-refractivity contribution < 1.29 is 9.53 Å². The summed E-state index contributed by atoms with van der Waals surface area (Å²) in [5.74, 6) is 3.23. The highest BCUT2D eigenvalue weighted by molar-refractivity contribution is 5.66. The van der Waals surface area contributed by atoms with E-state index in [4.69, 9.17) is 4.74 Å². The van der Waals surface area contributed by atoms with Crippen molar-refractivity contribution in [2.75, 3.05) is 0 Å². The van der Waals surface area contributed by atoms with Crippen molar-refractivity contribution in [3.05, 3.63) is 12.2 Å². The molecule has 0 amide bonds. The fraction of sp³-hybridized carbons (Fsp3) is 0.875. The number of hydrogen-bond acceptors (Lipinski definition) is 2. The third kappa shape index (κ3) is 2.39. The van der Waals surface area contributed by atoms with Crippen LogP contribution in [0.4, 0.5) is 0 Å². The van der Waals surface area contributed by atoms with E-state index in [1.165, 1.54) is 56.9 Å². The van der Waals surface area contributed by atoms with Gasteiger partial charge in [0.25, 0.3) is 0 Å². The van der Waals surface area contributed by atoms with Gasteiger partial charge in [0.15, 0.2) is 0 Å². The third-order valence-corrected chi connectivity index (χ3v) is 9.82. The van der Waals surface area contributed by atoms with Gasteiger partial charge in [-0.15, -0.1) is 0 Å². The number of hydrogen-bond donors (Lipinski definition) is 0. The first-order chi connectivity index (χ1) is 12.3. The zero-order chi connectivity index (χ0) is 18.7. The van der Waals surface area contributed by atoms with E-state index >= 15 is 0 Å². The van der Waals surface area contributed by atoms with Gasteiger partial charge < -0.3 is 4.74 Å². The Morgan fingerprint density at radius 3 is 2.54 bits per heavy atom. The van der Waals surface area contributed by atoms with Gasteiger partial charge >= 0.3 is 5.97 Å². The molecule has 4 fully saturated rings. The summed E-state index contributed by atoms with van der Waals surface area (Å²) in [5, 5.41) is 0. The van der Waals surface area contributed by atoms with E-state index in [2.05, 4.69) is 27.4 Å². The Kier molecular flexibility index (Phi) is 4.36. The first-order valence-electron chi connectivity index (χ1n) is 11.1. The van der Waals surface area contributed by atoms with Crippen LogP contribution < -0.4 is 0 Å². The molecule has 2 heteroatoms. The average Bonchev–Trinajstić information content (AvgIpc) is 2.88. The van der Waals surface area contributed by atoms with Gasteiger partial charge in [-0.1, -0.05) is 32.9 Å². The first kappa shape index (κ1) is 18.6. The maximum absolute atomic E-state index is 11.9. The Morgan fingerprint density at radius 2 is 1.85 bits per heavy atom. The summed E-state index contributed by atoms with van der Waals surface area (Å²) in [6, 6.07) is 0. The Balaban J connectivity index is 1.64. The fourth-order valence-electron chi connectivity index (χ4n) is 8.34. The Hall–Kier alpha value is -0.790. The molecule has 146 valence electrons. The zero-order valence-corrected chi connectivity index (χ0v) is 17.4. The molecule has 0 aromatic carbocycles. The molecule has 0 heterocycles. The highest BCUT2D eigenvalue weighted by Gasteiger charge is 2.65. The fourth-order valence-corrected chi connectivity index (χ4v) is 8.34. The minimum Gasteiger partial charge on any atom is -0.459 e. The Labute approximate surface area is 160 Å². The molecule has 0 aromatic heterocycles. The minimum absolute atomic E-state index is 0.0858. The zero-order valence-electron chi connectivity index (χ0n) is 17.4. The van der Waals surface area contributed by atoms with E-state index in [9.17, 15) is 4.79 Å². The van der Waals surface area contributed by atoms with E-state index in [1.54, 1.807) is 6.92 Å². The number of carbonyl (C=O) groups is 1. The van der Waals surface area contributed by atoms with Crippen molar-refractivity contribution in [3.63, 3.8) is 0 Å². The molecule has 0 radical (unpaired) electrons. The van der Waals surface area contributed by atoms with Gasteiger partial charge in [0.1, 0.15) is 5.60 Å². The maximum atomic E-state index is 11.9. The third-order valence-electron chi connectivity index (χ3n) is 9.82. The minimum atomic E-state index is -0.215. The van der Waals surface area contributed by atoms with E-state index in [0.717, 1.165) is 36.5 Å². The largest absolute Gasteiger partial charge is 0.459 e. The van der Waals surface area contributed by atoms with E-state index in [-0.39, 0.29) is 17.0 Å². The topological polar surface area (TPSA) is 26.3 Å². The van der Waals surface area contributed by atoms with Crippen LogP contribution in [0.15, 0.2) is 12.2 Å². The van der Waals surface area contributed by atoms with Crippen LogP contribution in [-0.4, -0.2) is 11.6 Å². The summed E-state index contributed by atoms with van der Waals surface area (Å²) >= 11 is 0. The lowest BCUT2D eigenvalue weighted by atomic mass is 9.44. The van der Waals surface area contributed by atoms with Gasteiger partial charge in [-0.2, -0.15) is 0 Å². The highest BCUT2D eigenvalue weighted by atomic mass is 16.6. The highest BCUT2D eigenvalue weighted by Crippen LogP contribution is 2.69. The molecule has 0 spiro atoms. The molecule has 4 aliphatic rings. The molecule has 2 nitrogen and oxygen atoms in total. The predicted octanol–water partition coefficient (Wildman–Crippen LogP) is 6.30. The van der Waals surface area contributed by atoms with Gasteiger partial charge in [-0.25, -0.2) is 0 Å². The van der Waals surface area contributed by atoms with Crippen LogP contribution in [0.2, 0.25) is 0 Å². The van der Waals surface area contributed by atoms with E-state index in [1.807, 2.05) is 0 Å². The van der Waals surface area contributed by atoms with Crippen LogP contribution in [0.3, 0.4) is 0 Å². The van der Waals surface area contributed by atoms with Crippen molar-refractivity contribution in [2.24, 2.45) is 34.5 Å². The molecule has 26 heavy (non-hydrogen) atoms. The number of esters is 1. The molecule has 0 aliphatic heterocycles. The van der Waals surface area contributed by atoms with E-state index in [0.29, 0.717) is 5.41 Å². The molecule has 0 saturated heterocycles. The number of ether oxygens (including phenoxy) is 1. The van der Waals surface area contributed by atoms with Gasteiger partial charge in [0, 0.05) is 12.3 Å². The second-order valence-corrected chi connectivity index (χ2v) is 10.5. The lowest BCUT2D eigenvalue weighted by molar-refractivity contribution is -0.187. The predicted molar refractivity (Wildman–Crippen MR) is 106 cm³/mol. The monoisotopic (exact) mass is 358 g/mol. The van der Waals surface area contributed by atoms with Crippen molar-refractivity contribution in [1.29, 1.82) is 0 Å². The second-order valence-electron chi connectivity index (χ2n) is 10.5. The summed E-state index contributed by atoms with van der Waals surface area (Å²) in [4.78, 5) is 11.9. The number of carbonyl (C=O) groups excluding carboxylic acids is 1. The molecule has 4 saturated carbocycles. The van der Waals surface area contributed by atoms with Crippen molar-refractivity contribution in [2.45, 2.75) is 97.5 Å². The summed E-state index contributed by atoms with van der Waals surface area (Å²) in [6.45, 7) is 13.2. The molecule has 0 N–H and O–H groups in total. The van der Waals surface area contributed by atoms with Crippen LogP contribution in [0, 0.1) is 34.5 Å². The van der Waals surface area contributed by atoms with E-state index < -0.39 is 0 Å². The van der Waals surface area contributed by atoms with Crippen LogP contribution in [0.5, 0.6) is 0 Å². The number of rotatable bonds is 2. The second kappa shape index (κ2) is 6.11. The van der Waals surface area contributed by atoms with Gasteiger partial charge in [-0.3, -0.25) is 4.79 Å². The van der Waals surface area contributed by atoms with Gasteiger partial charge in [0.05, 0.1) is 0 Å². The molecular weight excluding hydrogens is 320 g/mol. The molecule has 0 bridgehead atoms. The lowest BCUT2D eigenvalue weighted by Gasteiger charge is -2.61. The van der Waals surface area contributed by atoms with Crippen LogP contribution >= 0.6 is 0 Å².